The van der Waals surface area contributed by atoms with Crippen molar-refractivity contribution in [3.63, 3.8) is 0 Å². The van der Waals surface area contributed by atoms with Crippen LogP contribution in [0.3, 0.4) is 0 Å². The minimum Gasteiger partial charge on any atom is -0.372 e. The van der Waals surface area contributed by atoms with Crippen LogP contribution in [-0.4, -0.2) is 29.2 Å². The lowest BCUT2D eigenvalue weighted by Gasteiger charge is -2.28. The molecule has 110 valence electrons. The van der Waals surface area contributed by atoms with Crippen molar-refractivity contribution in [1.29, 1.82) is 0 Å². The number of carbonyl (C=O) groups is 1. The predicted molar refractivity (Wildman–Crippen MR) is 83.8 cm³/mol. The maximum Gasteiger partial charge on any atom is 0.273 e. The maximum atomic E-state index is 12.1. The number of anilines is 2. The Morgan fingerprint density at radius 1 is 1.19 bits per heavy atom. The van der Waals surface area contributed by atoms with Crippen molar-refractivity contribution >= 4 is 17.3 Å². The molecule has 2 aromatic rings. The molecule has 2 N–H and O–H groups in total. The van der Waals surface area contributed by atoms with Gasteiger partial charge in [0.15, 0.2) is 0 Å². The Morgan fingerprint density at radius 3 is 2.52 bits per heavy atom. The van der Waals surface area contributed by atoms with Crippen LogP contribution < -0.4 is 10.2 Å². The highest BCUT2D eigenvalue weighted by Gasteiger charge is 2.13. The number of benzene rings is 1. The van der Waals surface area contributed by atoms with Crippen LogP contribution in [0.25, 0.3) is 0 Å². The third-order valence-corrected chi connectivity index (χ3v) is 3.90. The highest BCUT2D eigenvalue weighted by Crippen LogP contribution is 2.22. The van der Waals surface area contributed by atoms with Crippen LogP contribution in [0, 0.1) is 6.92 Å². The fourth-order valence-corrected chi connectivity index (χ4v) is 2.68. The van der Waals surface area contributed by atoms with E-state index in [1.807, 2.05) is 19.1 Å². The van der Waals surface area contributed by atoms with Gasteiger partial charge < -0.3 is 10.2 Å². The van der Waals surface area contributed by atoms with E-state index in [9.17, 15) is 4.79 Å². The molecule has 1 aliphatic rings. The van der Waals surface area contributed by atoms with E-state index in [0.29, 0.717) is 5.69 Å². The summed E-state index contributed by atoms with van der Waals surface area (Å²) in [5.41, 5.74) is 3.38. The predicted octanol–water partition coefficient (Wildman–Crippen LogP) is 2.96. The Hall–Kier alpha value is -2.30. The normalized spacial score (nSPS) is 15.0. The lowest BCUT2D eigenvalue weighted by Crippen LogP contribution is -2.29. The molecule has 0 unspecified atom stereocenters. The van der Waals surface area contributed by atoms with Gasteiger partial charge in [-0.05, 0) is 56.0 Å². The van der Waals surface area contributed by atoms with Gasteiger partial charge in [0.1, 0.15) is 5.69 Å². The summed E-state index contributed by atoms with van der Waals surface area (Å²) in [4.78, 5) is 14.5. The number of hydrogen-bond acceptors (Lipinski definition) is 3. The van der Waals surface area contributed by atoms with Gasteiger partial charge in [-0.25, -0.2) is 0 Å². The van der Waals surface area contributed by atoms with Gasteiger partial charge in [0.25, 0.3) is 5.91 Å². The summed E-state index contributed by atoms with van der Waals surface area (Å²) in [6.07, 6.45) is 5.50. The monoisotopic (exact) mass is 284 g/mol. The quantitative estimate of drug-likeness (QED) is 0.911. The Bertz CT molecular complexity index is 611. The molecule has 21 heavy (non-hydrogen) atoms. The van der Waals surface area contributed by atoms with Gasteiger partial charge >= 0.3 is 0 Å². The number of aromatic amines is 1. The number of hydrogen-bond donors (Lipinski definition) is 2. The topological polar surface area (TPSA) is 61.0 Å². The number of aryl methyl sites for hydroxylation is 1. The largest absolute Gasteiger partial charge is 0.372 e. The Labute approximate surface area is 124 Å². The fourth-order valence-electron chi connectivity index (χ4n) is 2.68. The third kappa shape index (κ3) is 3.07. The van der Waals surface area contributed by atoms with Crippen LogP contribution in [0.4, 0.5) is 11.4 Å². The van der Waals surface area contributed by atoms with Crippen LogP contribution >= 0.6 is 0 Å². The molecule has 0 atom stereocenters. The summed E-state index contributed by atoms with van der Waals surface area (Å²) in [5.74, 6) is -0.157. The summed E-state index contributed by atoms with van der Waals surface area (Å²) < 4.78 is 0. The van der Waals surface area contributed by atoms with Crippen LogP contribution in [0.1, 0.15) is 35.3 Å². The molecule has 1 fully saturated rings. The lowest BCUT2D eigenvalue weighted by molar-refractivity contribution is 0.102. The van der Waals surface area contributed by atoms with Gasteiger partial charge in [-0.3, -0.25) is 9.89 Å². The molecule has 3 rings (SSSR count). The smallest absolute Gasteiger partial charge is 0.273 e. The summed E-state index contributed by atoms with van der Waals surface area (Å²) >= 11 is 0. The van der Waals surface area contributed by atoms with Crippen molar-refractivity contribution < 1.29 is 4.79 Å². The van der Waals surface area contributed by atoms with Gasteiger partial charge in [-0.1, -0.05) is 0 Å². The highest BCUT2D eigenvalue weighted by molar-refractivity contribution is 6.03. The van der Waals surface area contributed by atoms with E-state index in [-0.39, 0.29) is 5.91 Å². The van der Waals surface area contributed by atoms with E-state index >= 15 is 0 Å². The first-order valence-electron chi connectivity index (χ1n) is 7.40. The molecule has 0 saturated carbocycles. The van der Waals surface area contributed by atoms with Crippen molar-refractivity contribution in [3.8, 4) is 0 Å². The van der Waals surface area contributed by atoms with E-state index in [1.54, 1.807) is 6.20 Å². The summed E-state index contributed by atoms with van der Waals surface area (Å²) in [6.45, 7) is 4.11. The van der Waals surface area contributed by atoms with Crippen molar-refractivity contribution in [3.05, 3.63) is 41.7 Å². The first-order valence-corrected chi connectivity index (χ1v) is 7.40. The van der Waals surface area contributed by atoms with E-state index in [4.69, 9.17) is 0 Å². The number of aromatic nitrogens is 2. The van der Waals surface area contributed by atoms with Gasteiger partial charge in [-0.15, -0.1) is 0 Å². The SMILES string of the molecule is Cc1cn[nH]c1C(=O)Nc1ccc(N2CCCCC2)cc1. The third-order valence-electron chi connectivity index (χ3n) is 3.90. The Morgan fingerprint density at radius 2 is 1.90 bits per heavy atom. The van der Waals surface area contributed by atoms with Gasteiger partial charge in [-0.2, -0.15) is 5.10 Å². The minimum absolute atomic E-state index is 0.157. The number of carbonyl (C=O) groups excluding carboxylic acids is 1. The standard InChI is InChI=1S/C16H20N4O/c1-12-11-17-19-15(12)16(21)18-13-5-7-14(8-6-13)20-9-3-2-4-10-20/h5-8,11H,2-4,9-10H2,1H3,(H,17,19)(H,18,21). The summed E-state index contributed by atoms with van der Waals surface area (Å²) in [6, 6.07) is 8.04. The van der Waals surface area contributed by atoms with Gasteiger partial charge in [0, 0.05) is 24.5 Å². The fraction of sp³-hybridized carbons (Fsp3) is 0.375. The van der Waals surface area contributed by atoms with Gasteiger partial charge in [0.2, 0.25) is 0 Å². The van der Waals surface area contributed by atoms with Crippen LogP contribution in [0.2, 0.25) is 0 Å². The minimum atomic E-state index is -0.157. The first kappa shape index (κ1) is 13.7. The van der Waals surface area contributed by atoms with E-state index < -0.39 is 0 Å². The molecular weight excluding hydrogens is 264 g/mol. The van der Waals surface area contributed by atoms with Gasteiger partial charge in [0.05, 0.1) is 6.20 Å². The zero-order valence-electron chi connectivity index (χ0n) is 12.2. The Balaban J connectivity index is 1.67. The van der Waals surface area contributed by atoms with Crippen LogP contribution in [0.5, 0.6) is 0 Å². The summed E-state index contributed by atoms with van der Waals surface area (Å²) in [7, 11) is 0. The average molecular weight is 284 g/mol. The molecule has 1 amide bonds. The second-order valence-corrected chi connectivity index (χ2v) is 5.48. The molecule has 1 aliphatic heterocycles. The number of H-pyrrole nitrogens is 1. The second kappa shape index (κ2) is 5.99. The molecule has 1 saturated heterocycles. The lowest BCUT2D eigenvalue weighted by atomic mass is 10.1. The molecule has 1 aromatic heterocycles. The zero-order chi connectivity index (χ0) is 14.7. The molecule has 1 aromatic carbocycles. The second-order valence-electron chi connectivity index (χ2n) is 5.48. The molecule has 0 bridgehead atoms. The molecule has 2 heterocycles. The molecule has 5 nitrogen and oxygen atoms in total. The number of rotatable bonds is 3. The number of piperidine rings is 1. The maximum absolute atomic E-state index is 12.1. The molecule has 0 aliphatic carbocycles. The highest BCUT2D eigenvalue weighted by atomic mass is 16.1. The van der Waals surface area contributed by atoms with E-state index in [0.717, 1.165) is 24.3 Å². The molecule has 0 spiro atoms. The summed E-state index contributed by atoms with van der Waals surface area (Å²) in [5, 5.41) is 9.47. The molecule has 5 heteroatoms. The van der Waals surface area contributed by atoms with Crippen LogP contribution in [0.15, 0.2) is 30.5 Å². The Kier molecular flexibility index (Phi) is 3.90. The van der Waals surface area contributed by atoms with Crippen molar-refractivity contribution in [1.82, 2.24) is 10.2 Å². The average Bonchev–Trinajstić information content (AvgIpc) is 2.95. The van der Waals surface area contributed by atoms with Crippen molar-refractivity contribution in [2.45, 2.75) is 26.2 Å². The van der Waals surface area contributed by atoms with E-state index in [1.165, 1.54) is 24.9 Å². The number of nitrogens with zero attached hydrogens (tertiary/aromatic N) is 2. The van der Waals surface area contributed by atoms with E-state index in [2.05, 4.69) is 32.5 Å². The molecular formula is C16H20N4O. The zero-order valence-corrected chi connectivity index (χ0v) is 12.2. The van der Waals surface area contributed by atoms with Crippen molar-refractivity contribution in [2.24, 2.45) is 0 Å². The molecule has 0 radical (unpaired) electrons. The van der Waals surface area contributed by atoms with Crippen molar-refractivity contribution in [2.75, 3.05) is 23.3 Å². The first-order chi connectivity index (χ1) is 10.2. The van der Waals surface area contributed by atoms with Crippen LogP contribution in [-0.2, 0) is 0 Å². The number of nitrogens with one attached hydrogen (secondary N) is 2. The number of amides is 1.